The Morgan fingerprint density at radius 1 is 0.264 bits per heavy atom. The van der Waals surface area contributed by atoms with Gasteiger partial charge in [0.2, 0.25) is 0 Å². The third-order valence-electron chi connectivity index (χ3n) is 15.2. The van der Waals surface area contributed by atoms with Crippen molar-refractivity contribution in [2.75, 3.05) is 0 Å². The lowest BCUT2D eigenvalue weighted by Gasteiger charge is -2.30. The highest BCUT2D eigenvalue weighted by atomic mass is 32.1. The van der Waals surface area contributed by atoms with Crippen LogP contribution in [0.5, 0.6) is 0 Å². The van der Waals surface area contributed by atoms with E-state index in [0.717, 1.165) is 33.4 Å². The second-order valence-corrected chi connectivity index (χ2v) is 20.0. The Balaban J connectivity index is 0.833. The zero-order chi connectivity index (χ0) is 47.3. The van der Waals surface area contributed by atoms with Crippen LogP contribution in [0.3, 0.4) is 0 Å². The van der Waals surface area contributed by atoms with Gasteiger partial charge in [0.15, 0.2) is 17.5 Å². The first-order valence-corrected chi connectivity index (χ1v) is 25.4. The van der Waals surface area contributed by atoms with Crippen LogP contribution in [-0.4, -0.2) is 15.0 Å². The molecule has 0 aliphatic heterocycles. The molecule has 0 radical (unpaired) electrons. The van der Waals surface area contributed by atoms with Crippen LogP contribution in [0.4, 0.5) is 0 Å². The van der Waals surface area contributed by atoms with E-state index in [2.05, 4.69) is 249 Å². The Hall–Kier alpha value is -9.09. The Morgan fingerprint density at radius 2 is 0.667 bits per heavy atom. The maximum Gasteiger partial charge on any atom is 0.164 e. The van der Waals surface area contributed by atoms with Gasteiger partial charge in [0, 0.05) is 36.9 Å². The summed E-state index contributed by atoms with van der Waals surface area (Å²) in [6.07, 6.45) is 0. The van der Waals surface area contributed by atoms with Crippen LogP contribution in [0, 0.1) is 0 Å². The van der Waals surface area contributed by atoms with Crippen molar-refractivity contribution in [1.29, 1.82) is 0 Å². The first kappa shape index (κ1) is 40.8. The minimum absolute atomic E-state index is 0.422. The summed E-state index contributed by atoms with van der Waals surface area (Å²) in [4.78, 5) is 15.8. The molecule has 0 atom stereocenters. The van der Waals surface area contributed by atoms with Gasteiger partial charge in [-0.05, 0) is 101 Å². The molecule has 0 saturated heterocycles. The predicted octanol–water partition coefficient (Wildman–Crippen LogP) is 17.7. The smallest absolute Gasteiger partial charge is 0.164 e. The minimum atomic E-state index is -0.422. The zero-order valence-electron chi connectivity index (χ0n) is 38.9. The topological polar surface area (TPSA) is 38.7 Å². The predicted molar refractivity (Wildman–Crippen MR) is 299 cm³/mol. The van der Waals surface area contributed by atoms with Gasteiger partial charge in [0.1, 0.15) is 0 Å². The number of nitrogens with zero attached hydrogens (tertiary/aromatic N) is 3. The molecular weight excluding hydrogens is 891 g/mol. The average molecular weight is 932 g/mol. The number of hydrogen-bond acceptors (Lipinski definition) is 4. The van der Waals surface area contributed by atoms with Gasteiger partial charge in [-0.1, -0.05) is 237 Å². The standard InChI is InChI=1S/C68H41N3S/c1-2-15-50-44(13-1)14-11-20-51(50)45-33-37-48(38-34-45)66-69-65(47-35-29-43(30-36-47)42-27-31-46(32-28-42)52-21-12-22-57-56-19-6-10-26-63(56)72-64(52)57)70-67(71-66)49-39-40-62-58(41-49)55-18-5-9-25-61(55)68(62)59-23-7-3-16-53(59)54-17-4-8-24-60(54)68/h1-41H. The fraction of sp³-hybridized carbons (Fsp3) is 0.0147. The molecule has 0 amide bonds. The van der Waals surface area contributed by atoms with Gasteiger partial charge in [-0.25, -0.2) is 15.0 Å². The Morgan fingerprint density at radius 3 is 1.31 bits per heavy atom. The van der Waals surface area contributed by atoms with Crippen LogP contribution in [0.2, 0.25) is 0 Å². The van der Waals surface area contributed by atoms with Gasteiger partial charge in [0.05, 0.1) is 5.41 Å². The van der Waals surface area contributed by atoms with Crippen LogP contribution in [0.25, 0.3) is 121 Å². The molecule has 2 aromatic heterocycles. The van der Waals surface area contributed by atoms with Crippen molar-refractivity contribution in [2.45, 2.75) is 5.41 Å². The van der Waals surface area contributed by atoms with Crippen molar-refractivity contribution in [3.63, 3.8) is 0 Å². The lowest BCUT2D eigenvalue weighted by Crippen LogP contribution is -2.25. The molecule has 334 valence electrons. The molecule has 0 bridgehead atoms. The normalized spacial score (nSPS) is 12.8. The van der Waals surface area contributed by atoms with E-state index in [1.165, 1.54) is 92.1 Å². The molecule has 1 spiro atoms. The zero-order valence-corrected chi connectivity index (χ0v) is 39.7. The van der Waals surface area contributed by atoms with E-state index < -0.39 is 5.41 Å². The van der Waals surface area contributed by atoms with Crippen LogP contribution >= 0.6 is 11.3 Å². The van der Waals surface area contributed by atoms with Gasteiger partial charge in [-0.2, -0.15) is 0 Å². The molecule has 11 aromatic carbocycles. The van der Waals surface area contributed by atoms with Crippen LogP contribution in [0.15, 0.2) is 249 Å². The summed E-state index contributed by atoms with van der Waals surface area (Å²) in [5.41, 5.74) is 19.7. The highest BCUT2D eigenvalue weighted by molar-refractivity contribution is 7.26. The van der Waals surface area contributed by atoms with Crippen LogP contribution in [0.1, 0.15) is 22.3 Å². The summed E-state index contributed by atoms with van der Waals surface area (Å²) in [7, 11) is 0. The van der Waals surface area contributed by atoms with Gasteiger partial charge in [-0.15, -0.1) is 11.3 Å². The van der Waals surface area contributed by atoms with Crippen molar-refractivity contribution >= 4 is 42.3 Å². The van der Waals surface area contributed by atoms with E-state index in [1.54, 1.807) is 0 Å². The SMILES string of the molecule is c1ccc2c(c1)-c1ccccc1C21c2ccccc2-c2cc(-c3nc(-c4ccc(-c5ccc(-c6cccc7c6sc6ccccc67)cc5)cc4)nc(-c4ccc(-c5cccc6ccccc56)cc4)n3)ccc21. The number of aromatic nitrogens is 3. The molecule has 0 N–H and O–H groups in total. The highest BCUT2D eigenvalue weighted by Crippen LogP contribution is 2.63. The van der Waals surface area contributed by atoms with E-state index >= 15 is 0 Å². The van der Waals surface area contributed by atoms with E-state index in [4.69, 9.17) is 15.0 Å². The number of rotatable bonds is 6. The summed E-state index contributed by atoms with van der Waals surface area (Å²) in [6, 6.07) is 90.4. The molecule has 0 fully saturated rings. The molecule has 0 saturated carbocycles. The molecule has 72 heavy (non-hydrogen) atoms. The molecule has 15 rings (SSSR count). The quantitative estimate of drug-likeness (QED) is 0.167. The van der Waals surface area contributed by atoms with E-state index in [9.17, 15) is 0 Å². The van der Waals surface area contributed by atoms with E-state index in [-0.39, 0.29) is 0 Å². The number of thiophene rings is 1. The molecule has 2 heterocycles. The minimum Gasteiger partial charge on any atom is -0.208 e. The van der Waals surface area contributed by atoms with Gasteiger partial charge in [-0.3, -0.25) is 0 Å². The summed E-state index contributed by atoms with van der Waals surface area (Å²) < 4.78 is 2.64. The Bertz CT molecular complexity index is 4270. The van der Waals surface area contributed by atoms with E-state index in [1.807, 2.05) is 11.3 Å². The monoisotopic (exact) mass is 931 g/mol. The number of benzene rings is 11. The van der Waals surface area contributed by atoms with Crippen molar-refractivity contribution in [3.8, 4) is 89.8 Å². The molecule has 3 nitrogen and oxygen atoms in total. The Labute approximate surface area is 421 Å². The summed E-state index contributed by atoms with van der Waals surface area (Å²) in [6.45, 7) is 0. The van der Waals surface area contributed by atoms with Crippen molar-refractivity contribution < 1.29 is 0 Å². The summed E-state index contributed by atoms with van der Waals surface area (Å²) >= 11 is 1.87. The molecule has 4 heteroatoms. The second-order valence-electron chi connectivity index (χ2n) is 19.0. The van der Waals surface area contributed by atoms with Crippen LogP contribution < -0.4 is 0 Å². The maximum atomic E-state index is 5.31. The summed E-state index contributed by atoms with van der Waals surface area (Å²) in [5, 5.41) is 5.08. The van der Waals surface area contributed by atoms with Crippen molar-refractivity contribution in [1.82, 2.24) is 15.0 Å². The number of fused-ring (bicyclic) bond motifs is 14. The first-order chi connectivity index (χ1) is 35.7. The molecule has 0 unspecified atom stereocenters. The fourth-order valence-electron chi connectivity index (χ4n) is 11.9. The maximum absolute atomic E-state index is 5.31. The summed E-state index contributed by atoms with van der Waals surface area (Å²) in [5.74, 6) is 1.89. The lowest BCUT2D eigenvalue weighted by atomic mass is 9.70. The molecule has 2 aliphatic carbocycles. The van der Waals surface area contributed by atoms with E-state index in [0.29, 0.717) is 17.5 Å². The largest absolute Gasteiger partial charge is 0.208 e. The fourth-order valence-corrected chi connectivity index (χ4v) is 13.1. The first-order valence-electron chi connectivity index (χ1n) is 24.6. The van der Waals surface area contributed by atoms with Crippen molar-refractivity contribution in [2.24, 2.45) is 0 Å². The van der Waals surface area contributed by atoms with Gasteiger partial charge >= 0.3 is 0 Å². The van der Waals surface area contributed by atoms with Gasteiger partial charge in [0.25, 0.3) is 0 Å². The molecule has 13 aromatic rings. The number of hydrogen-bond donors (Lipinski definition) is 0. The molecular formula is C68H41N3S. The Kier molecular flexibility index (Phi) is 9.04. The van der Waals surface area contributed by atoms with Crippen molar-refractivity contribution in [3.05, 3.63) is 271 Å². The average Bonchev–Trinajstić information content (AvgIpc) is 4.09. The van der Waals surface area contributed by atoms with Crippen LogP contribution in [-0.2, 0) is 5.41 Å². The second kappa shape index (κ2) is 16.0. The third-order valence-corrected chi connectivity index (χ3v) is 16.4. The third kappa shape index (κ3) is 6.13. The highest BCUT2D eigenvalue weighted by Gasteiger charge is 2.51. The lowest BCUT2D eigenvalue weighted by molar-refractivity contribution is 0.794. The van der Waals surface area contributed by atoms with Gasteiger partial charge < -0.3 is 0 Å². The molecule has 2 aliphatic rings.